The summed E-state index contributed by atoms with van der Waals surface area (Å²) < 4.78 is 97.0. The van der Waals surface area contributed by atoms with Crippen molar-refractivity contribution in [2.24, 2.45) is 0 Å². The molecular formula is C19H16ClF7N2O. The quantitative estimate of drug-likeness (QED) is 0.624. The summed E-state index contributed by atoms with van der Waals surface area (Å²) in [6.45, 7) is 1.51. The van der Waals surface area contributed by atoms with Crippen LogP contribution < -0.4 is 10.1 Å². The first kappa shape index (κ1) is 22.6. The van der Waals surface area contributed by atoms with Gasteiger partial charge in [0.2, 0.25) is 0 Å². The third kappa shape index (κ3) is 5.16. The van der Waals surface area contributed by atoms with Crippen LogP contribution in [0.4, 0.5) is 30.7 Å². The van der Waals surface area contributed by atoms with Crippen LogP contribution in [0, 0.1) is 5.82 Å². The Balaban J connectivity index is 2.12. The summed E-state index contributed by atoms with van der Waals surface area (Å²) in [5.74, 6) is -1.75. The first-order chi connectivity index (χ1) is 14.0. The standard InChI is InChI=1S/C19H16ClF7N2O/c20-14-6-5-13(18(22,23)24)15(16(14)21)17(29-9-7-28-8-10-29)11-1-3-12(4-2-11)30-19(25,26)27/h1-6,17,28H,7-10H2/t17-/m1/s1. The fourth-order valence-corrected chi connectivity index (χ4v) is 3.60. The van der Waals surface area contributed by atoms with Crippen molar-refractivity contribution in [3.63, 3.8) is 0 Å². The lowest BCUT2D eigenvalue weighted by molar-refractivity contribution is -0.274. The number of ether oxygens (including phenoxy) is 1. The molecule has 0 amide bonds. The Bertz CT molecular complexity index is 878. The molecule has 1 aliphatic rings. The molecule has 3 rings (SSSR count). The van der Waals surface area contributed by atoms with Crippen molar-refractivity contribution in [1.29, 1.82) is 0 Å². The lowest BCUT2D eigenvalue weighted by atomic mass is 9.91. The summed E-state index contributed by atoms with van der Waals surface area (Å²) in [5, 5.41) is 2.57. The number of hydrogen-bond acceptors (Lipinski definition) is 3. The molecule has 0 aliphatic carbocycles. The van der Waals surface area contributed by atoms with Crippen molar-refractivity contribution in [2.75, 3.05) is 26.2 Å². The van der Waals surface area contributed by atoms with E-state index < -0.39 is 46.3 Å². The number of halogens is 8. The molecule has 1 atom stereocenters. The number of piperazine rings is 1. The molecule has 0 unspecified atom stereocenters. The van der Waals surface area contributed by atoms with E-state index in [1.165, 1.54) is 12.1 Å². The van der Waals surface area contributed by atoms with E-state index in [-0.39, 0.29) is 5.56 Å². The monoisotopic (exact) mass is 456 g/mol. The average molecular weight is 457 g/mol. The van der Waals surface area contributed by atoms with Crippen LogP contribution in [0.3, 0.4) is 0 Å². The highest BCUT2D eigenvalue weighted by atomic mass is 35.5. The fourth-order valence-electron chi connectivity index (χ4n) is 3.43. The minimum atomic E-state index is -4.91. The molecule has 1 saturated heterocycles. The maximum Gasteiger partial charge on any atom is 0.573 e. The smallest absolute Gasteiger partial charge is 0.406 e. The van der Waals surface area contributed by atoms with E-state index >= 15 is 0 Å². The second kappa shape index (κ2) is 8.60. The molecular weight excluding hydrogens is 441 g/mol. The van der Waals surface area contributed by atoms with Crippen LogP contribution in [-0.2, 0) is 6.18 Å². The molecule has 1 aliphatic heterocycles. The Labute approximate surface area is 172 Å². The maximum absolute atomic E-state index is 14.9. The molecule has 2 aromatic carbocycles. The number of nitrogens with zero attached hydrogens (tertiary/aromatic N) is 1. The Kier molecular flexibility index (Phi) is 6.49. The van der Waals surface area contributed by atoms with E-state index in [1.807, 2.05) is 0 Å². The van der Waals surface area contributed by atoms with Crippen LogP contribution in [0.5, 0.6) is 5.75 Å². The molecule has 30 heavy (non-hydrogen) atoms. The maximum atomic E-state index is 14.9. The predicted octanol–water partition coefficient (Wildman–Crippen LogP) is 5.39. The molecule has 0 bridgehead atoms. The molecule has 0 saturated carbocycles. The lowest BCUT2D eigenvalue weighted by Crippen LogP contribution is -2.46. The van der Waals surface area contributed by atoms with Crippen LogP contribution in [-0.4, -0.2) is 37.4 Å². The van der Waals surface area contributed by atoms with Crippen LogP contribution >= 0.6 is 11.6 Å². The molecule has 3 nitrogen and oxygen atoms in total. The van der Waals surface area contributed by atoms with Crippen molar-refractivity contribution in [1.82, 2.24) is 10.2 Å². The molecule has 1 heterocycles. The van der Waals surface area contributed by atoms with Crippen LogP contribution in [0.25, 0.3) is 0 Å². The minimum Gasteiger partial charge on any atom is -0.406 e. The zero-order valence-corrected chi connectivity index (χ0v) is 16.0. The summed E-state index contributed by atoms with van der Waals surface area (Å²) in [5.41, 5.74) is -1.68. The molecule has 0 radical (unpaired) electrons. The predicted molar refractivity (Wildman–Crippen MR) is 95.8 cm³/mol. The molecule has 0 spiro atoms. The second-order valence-electron chi connectivity index (χ2n) is 6.63. The molecule has 164 valence electrons. The highest BCUT2D eigenvalue weighted by molar-refractivity contribution is 6.30. The zero-order valence-electron chi connectivity index (χ0n) is 15.2. The molecule has 2 aromatic rings. The third-order valence-electron chi connectivity index (χ3n) is 4.66. The van der Waals surface area contributed by atoms with Gasteiger partial charge >= 0.3 is 12.5 Å². The number of rotatable bonds is 4. The van der Waals surface area contributed by atoms with Crippen molar-refractivity contribution >= 4 is 11.6 Å². The van der Waals surface area contributed by atoms with Gasteiger partial charge in [-0.15, -0.1) is 13.2 Å². The Hall–Kier alpha value is -2.04. The number of alkyl halides is 6. The van der Waals surface area contributed by atoms with Gasteiger partial charge in [-0.2, -0.15) is 13.2 Å². The van der Waals surface area contributed by atoms with E-state index in [0.29, 0.717) is 32.2 Å². The number of hydrogen-bond donors (Lipinski definition) is 1. The average Bonchev–Trinajstić information content (AvgIpc) is 2.65. The van der Waals surface area contributed by atoms with Gasteiger partial charge in [0.05, 0.1) is 16.6 Å². The summed E-state index contributed by atoms with van der Waals surface area (Å²) in [7, 11) is 0. The molecule has 11 heteroatoms. The highest BCUT2D eigenvalue weighted by Gasteiger charge is 2.40. The van der Waals surface area contributed by atoms with Gasteiger partial charge in [-0.05, 0) is 29.8 Å². The van der Waals surface area contributed by atoms with Gasteiger partial charge in [-0.25, -0.2) is 4.39 Å². The van der Waals surface area contributed by atoms with Crippen molar-refractivity contribution in [3.8, 4) is 5.75 Å². The Morgan fingerprint density at radius 3 is 2.07 bits per heavy atom. The SMILES string of the molecule is Fc1c(Cl)ccc(C(F)(F)F)c1[C@@H](c1ccc(OC(F)(F)F)cc1)N1CCNCC1. The van der Waals surface area contributed by atoms with Gasteiger partial charge in [0.15, 0.2) is 0 Å². The van der Waals surface area contributed by atoms with E-state index in [0.717, 1.165) is 18.2 Å². The van der Waals surface area contributed by atoms with Crippen molar-refractivity contribution in [3.05, 3.63) is 63.9 Å². The lowest BCUT2D eigenvalue weighted by Gasteiger charge is -2.37. The summed E-state index contributed by atoms with van der Waals surface area (Å²) in [6, 6.07) is 4.67. The first-order valence-electron chi connectivity index (χ1n) is 8.83. The van der Waals surface area contributed by atoms with Crippen molar-refractivity contribution < 1.29 is 35.5 Å². The number of benzene rings is 2. The second-order valence-corrected chi connectivity index (χ2v) is 7.03. The van der Waals surface area contributed by atoms with Gasteiger partial charge in [0.25, 0.3) is 0 Å². The van der Waals surface area contributed by atoms with Gasteiger partial charge < -0.3 is 10.1 Å². The summed E-state index contributed by atoms with van der Waals surface area (Å²) >= 11 is 5.79. The molecule has 0 aromatic heterocycles. The zero-order chi connectivity index (χ0) is 22.1. The van der Waals surface area contributed by atoms with Crippen LogP contribution in [0.15, 0.2) is 36.4 Å². The van der Waals surface area contributed by atoms with Gasteiger partial charge in [-0.1, -0.05) is 23.7 Å². The third-order valence-corrected chi connectivity index (χ3v) is 4.95. The normalized spacial score (nSPS) is 17.1. The molecule has 1 fully saturated rings. The Morgan fingerprint density at radius 1 is 0.933 bits per heavy atom. The first-order valence-corrected chi connectivity index (χ1v) is 9.21. The minimum absolute atomic E-state index is 0.179. The summed E-state index contributed by atoms with van der Waals surface area (Å²) in [4.78, 5) is 1.63. The van der Waals surface area contributed by atoms with E-state index in [4.69, 9.17) is 11.6 Å². The highest BCUT2D eigenvalue weighted by Crippen LogP contribution is 2.42. The van der Waals surface area contributed by atoms with Gasteiger partial charge in [0.1, 0.15) is 11.6 Å². The molecule has 1 N–H and O–H groups in total. The number of nitrogens with one attached hydrogen (secondary N) is 1. The topological polar surface area (TPSA) is 24.5 Å². The van der Waals surface area contributed by atoms with E-state index in [2.05, 4.69) is 10.1 Å². The van der Waals surface area contributed by atoms with E-state index in [1.54, 1.807) is 4.90 Å². The van der Waals surface area contributed by atoms with Gasteiger partial charge in [0, 0.05) is 31.7 Å². The Morgan fingerprint density at radius 2 is 1.53 bits per heavy atom. The summed E-state index contributed by atoms with van der Waals surface area (Å²) in [6.07, 6.45) is -9.77. The van der Waals surface area contributed by atoms with Crippen LogP contribution in [0.1, 0.15) is 22.7 Å². The van der Waals surface area contributed by atoms with E-state index in [9.17, 15) is 30.7 Å². The van der Waals surface area contributed by atoms with Gasteiger partial charge in [-0.3, -0.25) is 4.90 Å². The van der Waals surface area contributed by atoms with Crippen LogP contribution in [0.2, 0.25) is 5.02 Å². The largest absolute Gasteiger partial charge is 0.573 e. The fraction of sp³-hybridized carbons (Fsp3) is 0.368. The van der Waals surface area contributed by atoms with Crippen molar-refractivity contribution in [2.45, 2.75) is 18.6 Å².